The summed E-state index contributed by atoms with van der Waals surface area (Å²) in [7, 11) is 1.59. The number of aliphatic hydroxyl groups excluding tert-OH is 1. The van der Waals surface area contributed by atoms with Crippen molar-refractivity contribution in [1.29, 1.82) is 0 Å². The van der Waals surface area contributed by atoms with Crippen molar-refractivity contribution in [1.82, 2.24) is 0 Å². The summed E-state index contributed by atoms with van der Waals surface area (Å²) in [5.41, 5.74) is 0.898. The number of hydrogen-bond donors (Lipinski definition) is 1. The Bertz CT molecular complexity index is 397. The number of benzene rings is 1. The lowest BCUT2D eigenvalue weighted by atomic mass is 9.79. The molecule has 1 atom stereocenters. The number of halogens is 1. The molecule has 0 spiro atoms. The van der Waals surface area contributed by atoms with Gasteiger partial charge in [-0.3, -0.25) is 0 Å². The smallest absolute Gasteiger partial charge is 0.137 e. The fraction of sp³-hybridized carbons (Fsp3) is 0.571. The third-order valence-electron chi connectivity index (χ3n) is 3.90. The van der Waals surface area contributed by atoms with Crippen LogP contribution >= 0.6 is 11.6 Å². The molecule has 0 aliphatic heterocycles. The topological polar surface area (TPSA) is 29.5 Å². The summed E-state index contributed by atoms with van der Waals surface area (Å²) in [6, 6.07) is 5.52. The van der Waals surface area contributed by atoms with Crippen LogP contribution in [0.15, 0.2) is 18.2 Å². The first kappa shape index (κ1) is 12.7. The molecule has 1 unspecified atom stereocenters. The van der Waals surface area contributed by atoms with Crippen LogP contribution in [0.3, 0.4) is 0 Å². The van der Waals surface area contributed by atoms with Gasteiger partial charge in [0.15, 0.2) is 0 Å². The predicted molar refractivity (Wildman–Crippen MR) is 69.5 cm³/mol. The number of aliphatic hydroxyl groups is 1. The van der Waals surface area contributed by atoms with Gasteiger partial charge < -0.3 is 9.84 Å². The van der Waals surface area contributed by atoms with Gasteiger partial charge in [-0.15, -0.1) is 0 Å². The van der Waals surface area contributed by atoms with Crippen LogP contribution in [0.5, 0.6) is 5.75 Å². The molecule has 0 saturated heterocycles. The van der Waals surface area contributed by atoms with Gasteiger partial charge in [0.1, 0.15) is 5.75 Å². The molecule has 1 fully saturated rings. The van der Waals surface area contributed by atoms with Crippen LogP contribution in [0.4, 0.5) is 0 Å². The molecule has 3 heteroatoms. The first-order valence-corrected chi connectivity index (χ1v) is 6.46. The summed E-state index contributed by atoms with van der Waals surface area (Å²) in [6.07, 6.45) is 4.14. The lowest BCUT2D eigenvalue weighted by Crippen LogP contribution is -2.21. The van der Waals surface area contributed by atoms with Crippen LogP contribution in [0.2, 0.25) is 5.02 Å². The van der Waals surface area contributed by atoms with E-state index in [4.69, 9.17) is 16.3 Å². The molecule has 94 valence electrons. The summed E-state index contributed by atoms with van der Waals surface area (Å²) >= 11 is 5.99. The largest absolute Gasteiger partial charge is 0.495 e. The van der Waals surface area contributed by atoms with E-state index >= 15 is 0 Å². The Hall–Kier alpha value is -0.730. The van der Waals surface area contributed by atoms with Gasteiger partial charge in [-0.1, -0.05) is 37.4 Å². The van der Waals surface area contributed by atoms with Gasteiger partial charge in [0.05, 0.1) is 18.2 Å². The van der Waals surface area contributed by atoms with Crippen molar-refractivity contribution in [3.63, 3.8) is 0 Å². The molecule has 1 aliphatic rings. The van der Waals surface area contributed by atoms with Gasteiger partial charge in [-0.05, 0) is 36.0 Å². The van der Waals surface area contributed by atoms with E-state index < -0.39 is 6.10 Å². The normalized spacial score (nSPS) is 20.2. The highest BCUT2D eigenvalue weighted by Crippen LogP contribution is 2.47. The number of hydrogen-bond acceptors (Lipinski definition) is 2. The highest BCUT2D eigenvalue weighted by Gasteiger charge is 2.36. The maximum atomic E-state index is 10.5. The zero-order valence-corrected chi connectivity index (χ0v) is 11.1. The highest BCUT2D eigenvalue weighted by molar-refractivity contribution is 6.32. The molecule has 1 aliphatic carbocycles. The fourth-order valence-corrected chi connectivity index (χ4v) is 2.90. The summed E-state index contributed by atoms with van der Waals surface area (Å²) in [4.78, 5) is 0. The predicted octanol–water partition coefficient (Wildman–Crippen LogP) is 3.96. The van der Waals surface area contributed by atoms with E-state index in [1.165, 1.54) is 12.8 Å². The Morgan fingerprint density at radius 1 is 1.35 bits per heavy atom. The van der Waals surface area contributed by atoms with Crippen molar-refractivity contribution in [2.75, 3.05) is 7.11 Å². The number of rotatable bonds is 3. The summed E-state index contributed by atoms with van der Waals surface area (Å²) in [5, 5.41) is 11.1. The van der Waals surface area contributed by atoms with E-state index in [1.807, 2.05) is 12.1 Å². The molecule has 1 aromatic carbocycles. The van der Waals surface area contributed by atoms with Gasteiger partial charge in [0.25, 0.3) is 0 Å². The third-order valence-corrected chi connectivity index (χ3v) is 4.21. The van der Waals surface area contributed by atoms with Gasteiger partial charge in [0.2, 0.25) is 0 Å². The molecule has 0 bridgehead atoms. The zero-order chi connectivity index (χ0) is 12.5. The van der Waals surface area contributed by atoms with Crippen molar-refractivity contribution >= 4 is 11.6 Å². The first-order chi connectivity index (χ1) is 8.07. The molecule has 0 amide bonds. The summed E-state index contributed by atoms with van der Waals surface area (Å²) in [6.45, 7) is 2.16. The maximum absolute atomic E-state index is 10.5. The molecule has 0 aromatic heterocycles. The van der Waals surface area contributed by atoms with Crippen molar-refractivity contribution in [3.8, 4) is 5.75 Å². The quantitative estimate of drug-likeness (QED) is 0.885. The Labute approximate surface area is 108 Å². The van der Waals surface area contributed by atoms with Crippen molar-refractivity contribution in [2.45, 2.75) is 38.7 Å². The minimum Gasteiger partial charge on any atom is -0.495 e. The lowest BCUT2D eigenvalue weighted by molar-refractivity contribution is 0.0407. The van der Waals surface area contributed by atoms with Gasteiger partial charge in [-0.2, -0.15) is 0 Å². The molecule has 1 saturated carbocycles. The van der Waals surface area contributed by atoms with Gasteiger partial charge in [-0.25, -0.2) is 0 Å². The van der Waals surface area contributed by atoms with Crippen LogP contribution in [-0.4, -0.2) is 12.2 Å². The van der Waals surface area contributed by atoms with E-state index in [2.05, 4.69) is 6.92 Å². The van der Waals surface area contributed by atoms with E-state index in [-0.39, 0.29) is 5.41 Å². The molecular weight excluding hydrogens is 236 g/mol. The van der Waals surface area contributed by atoms with Gasteiger partial charge >= 0.3 is 0 Å². The van der Waals surface area contributed by atoms with Crippen LogP contribution in [-0.2, 0) is 0 Å². The minimum absolute atomic E-state index is 0.00115. The average molecular weight is 255 g/mol. The highest BCUT2D eigenvalue weighted by atomic mass is 35.5. The number of ether oxygens (including phenoxy) is 1. The van der Waals surface area contributed by atoms with E-state index in [0.29, 0.717) is 10.8 Å². The molecule has 0 heterocycles. The zero-order valence-electron chi connectivity index (χ0n) is 10.4. The maximum Gasteiger partial charge on any atom is 0.137 e. The molecule has 0 radical (unpaired) electrons. The van der Waals surface area contributed by atoms with E-state index in [1.54, 1.807) is 13.2 Å². The lowest BCUT2D eigenvalue weighted by Gasteiger charge is -2.30. The van der Waals surface area contributed by atoms with Crippen molar-refractivity contribution < 1.29 is 9.84 Å². The second-order valence-electron chi connectivity index (χ2n) is 5.16. The fourth-order valence-electron chi connectivity index (χ4n) is 2.70. The molecule has 17 heavy (non-hydrogen) atoms. The monoisotopic (exact) mass is 254 g/mol. The summed E-state index contributed by atoms with van der Waals surface area (Å²) < 4.78 is 5.19. The molecular formula is C14H19ClO2. The van der Waals surface area contributed by atoms with Crippen LogP contribution in [0, 0.1) is 5.41 Å². The van der Waals surface area contributed by atoms with Crippen LogP contribution < -0.4 is 4.74 Å². The van der Waals surface area contributed by atoms with Crippen molar-refractivity contribution in [3.05, 3.63) is 28.8 Å². The average Bonchev–Trinajstić information content (AvgIpc) is 2.77. The third kappa shape index (κ3) is 2.43. The molecule has 2 rings (SSSR count). The minimum atomic E-state index is -0.434. The Kier molecular flexibility index (Phi) is 3.64. The standard InChI is InChI=1S/C14H19ClO2/c1-14(7-3-4-8-14)13(16)10-5-6-11(15)12(9-10)17-2/h5-6,9,13,16H,3-4,7-8H2,1-2H3. The molecule has 2 nitrogen and oxygen atoms in total. The second-order valence-corrected chi connectivity index (χ2v) is 5.56. The van der Waals surface area contributed by atoms with Crippen LogP contribution in [0.25, 0.3) is 0 Å². The SMILES string of the molecule is COc1cc(C(O)C2(C)CCCC2)ccc1Cl. The van der Waals surface area contributed by atoms with Crippen LogP contribution in [0.1, 0.15) is 44.3 Å². The van der Waals surface area contributed by atoms with E-state index in [9.17, 15) is 5.11 Å². The molecule has 1 aromatic rings. The Balaban J connectivity index is 2.27. The summed E-state index contributed by atoms with van der Waals surface area (Å²) in [5.74, 6) is 0.629. The first-order valence-electron chi connectivity index (χ1n) is 6.08. The van der Waals surface area contributed by atoms with Gasteiger partial charge in [0, 0.05) is 0 Å². The van der Waals surface area contributed by atoms with Crippen molar-refractivity contribution in [2.24, 2.45) is 5.41 Å². The Morgan fingerprint density at radius 3 is 2.59 bits per heavy atom. The Morgan fingerprint density at radius 2 is 2.00 bits per heavy atom. The number of methoxy groups -OCH3 is 1. The second kappa shape index (κ2) is 4.87. The van der Waals surface area contributed by atoms with E-state index in [0.717, 1.165) is 18.4 Å². The molecule has 1 N–H and O–H groups in total.